The molecule has 0 amide bonds. The van der Waals surface area contributed by atoms with Gasteiger partial charge in [-0.2, -0.15) is 0 Å². The monoisotopic (exact) mass is 435 g/mol. The van der Waals surface area contributed by atoms with Crippen LogP contribution in [0, 0.1) is 20.8 Å². The minimum Gasteiger partial charge on any atom is -0.423 e. The maximum Gasteiger partial charge on any atom is 0.336 e. The average Bonchev–Trinajstić information content (AvgIpc) is 3.14. The molecular formula is C24H25N3O3S. The first-order valence-electron chi connectivity index (χ1n) is 10.1. The van der Waals surface area contributed by atoms with E-state index in [2.05, 4.69) is 46.8 Å². The fraction of sp³-hybridized carbons (Fsp3) is 0.292. The van der Waals surface area contributed by atoms with Gasteiger partial charge in [-0.1, -0.05) is 35.5 Å². The number of fused-ring (bicyclic) bond motifs is 1. The molecule has 0 aliphatic rings. The molecule has 0 saturated heterocycles. The summed E-state index contributed by atoms with van der Waals surface area (Å²) in [7, 11) is 1.68. The van der Waals surface area contributed by atoms with Crippen LogP contribution in [0.5, 0.6) is 0 Å². The fourth-order valence-electron chi connectivity index (χ4n) is 3.52. The predicted octanol–water partition coefficient (Wildman–Crippen LogP) is 4.92. The molecule has 0 fully saturated rings. The second-order valence-electron chi connectivity index (χ2n) is 7.63. The Kier molecular flexibility index (Phi) is 6.25. The van der Waals surface area contributed by atoms with Gasteiger partial charge in [-0.05, 0) is 55.7 Å². The normalized spacial score (nSPS) is 11.4. The van der Waals surface area contributed by atoms with Crippen LogP contribution in [0.25, 0.3) is 22.4 Å². The van der Waals surface area contributed by atoms with Gasteiger partial charge in [0.2, 0.25) is 0 Å². The second kappa shape index (κ2) is 9.08. The highest BCUT2D eigenvalue weighted by Crippen LogP contribution is 2.30. The highest BCUT2D eigenvalue weighted by molar-refractivity contribution is 7.98. The average molecular weight is 436 g/mol. The molecule has 0 N–H and O–H groups in total. The molecule has 2 aromatic carbocycles. The molecule has 0 aliphatic carbocycles. The number of nitrogens with zero attached hydrogens (tertiary/aromatic N) is 3. The summed E-state index contributed by atoms with van der Waals surface area (Å²) in [5.41, 5.74) is 5.66. The Morgan fingerprint density at radius 3 is 2.65 bits per heavy atom. The Labute approximate surface area is 185 Å². The lowest BCUT2D eigenvalue weighted by atomic mass is 10.0. The van der Waals surface area contributed by atoms with Gasteiger partial charge in [-0.15, -0.1) is 10.2 Å². The Morgan fingerprint density at radius 1 is 1.06 bits per heavy atom. The Balaban J connectivity index is 1.69. The number of aryl methyl sites for hydroxylation is 3. The second-order valence-corrected chi connectivity index (χ2v) is 8.57. The van der Waals surface area contributed by atoms with E-state index in [9.17, 15) is 4.79 Å². The van der Waals surface area contributed by atoms with E-state index in [1.54, 1.807) is 24.9 Å². The molecule has 7 heteroatoms. The molecule has 160 valence electrons. The third-order valence-corrected chi connectivity index (χ3v) is 6.33. The summed E-state index contributed by atoms with van der Waals surface area (Å²) >= 11 is 1.56. The van der Waals surface area contributed by atoms with Gasteiger partial charge in [-0.25, -0.2) is 4.79 Å². The van der Waals surface area contributed by atoms with Crippen molar-refractivity contribution in [2.24, 2.45) is 0 Å². The number of benzene rings is 2. The third kappa shape index (κ3) is 4.57. The molecule has 2 aromatic heterocycles. The van der Waals surface area contributed by atoms with E-state index in [1.165, 1.54) is 5.56 Å². The van der Waals surface area contributed by atoms with E-state index >= 15 is 0 Å². The van der Waals surface area contributed by atoms with Crippen LogP contribution < -0.4 is 5.63 Å². The molecule has 2 heterocycles. The molecule has 6 nitrogen and oxygen atoms in total. The van der Waals surface area contributed by atoms with Crippen LogP contribution in [0.1, 0.15) is 22.3 Å². The number of thioether (sulfide) groups is 1. The summed E-state index contributed by atoms with van der Waals surface area (Å²) in [6.07, 6.45) is 0. The maximum atomic E-state index is 12.1. The molecule has 4 rings (SSSR count). The van der Waals surface area contributed by atoms with Crippen molar-refractivity contribution in [3.8, 4) is 11.4 Å². The molecule has 0 spiro atoms. The van der Waals surface area contributed by atoms with Crippen molar-refractivity contribution in [1.82, 2.24) is 14.8 Å². The minimum atomic E-state index is -0.340. The van der Waals surface area contributed by atoms with Crippen molar-refractivity contribution in [3.63, 3.8) is 0 Å². The first kappa shape index (κ1) is 21.3. The van der Waals surface area contributed by atoms with E-state index in [4.69, 9.17) is 9.15 Å². The molecular weight excluding hydrogens is 410 g/mol. The number of rotatable bonds is 7. The van der Waals surface area contributed by atoms with Crippen LogP contribution in [-0.4, -0.2) is 28.5 Å². The highest BCUT2D eigenvalue weighted by atomic mass is 32.2. The molecule has 31 heavy (non-hydrogen) atoms. The van der Waals surface area contributed by atoms with E-state index in [0.29, 0.717) is 24.5 Å². The van der Waals surface area contributed by atoms with Crippen LogP contribution in [0.2, 0.25) is 0 Å². The van der Waals surface area contributed by atoms with Gasteiger partial charge in [0.15, 0.2) is 11.0 Å². The number of methoxy groups -OCH3 is 1. The smallest absolute Gasteiger partial charge is 0.336 e. The Bertz CT molecular complexity index is 1290. The largest absolute Gasteiger partial charge is 0.423 e. The van der Waals surface area contributed by atoms with Crippen molar-refractivity contribution >= 4 is 22.7 Å². The quantitative estimate of drug-likeness (QED) is 0.303. The van der Waals surface area contributed by atoms with E-state index in [1.807, 2.05) is 25.1 Å². The summed E-state index contributed by atoms with van der Waals surface area (Å²) in [5, 5.41) is 10.6. The minimum absolute atomic E-state index is 0.340. The number of aromatic nitrogens is 3. The van der Waals surface area contributed by atoms with Crippen LogP contribution in [-0.2, 0) is 17.0 Å². The van der Waals surface area contributed by atoms with Gasteiger partial charge in [0.1, 0.15) is 5.58 Å². The lowest BCUT2D eigenvalue weighted by molar-refractivity contribution is 0.185. The summed E-state index contributed by atoms with van der Waals surface area (Å²) < 4.78 is 12.8. The SMILES string of the molecule is COCCn1c(SCc2cc(=O)oc3cc(C)c(C)cc23)nnc1-c1cccc(C)c1. The van der Waals surface area contributed by atoms with Gasteiger partial charge < -0.3 is 9.15 Å². The van der Waals surface area contributed by atoms with Crippen LogP contribution >= 0.6 is 11.8 Å². The lowest BCUT2D eigenvalue weighted by Gasteiger charge is -2.11. The fourth-order valence-corrected chi connectivity index (χ4v) is 4.48. The molecule has 0 saturated carbocycles. The Hall–Kier alpha value is -2.90. The third-order valence-electron chi connectivity index (χ3n) is 5.31. The standard InChI is InChI=1S/C24H25N3O3S/c1-15-6-5-7-18(10-15)23-25-26-24(27(23)8-9-29-4)31-14-19-13-22(28)30-21-12-17(3)16(2)11-20(19)21/h5-7,10-13H,8-9,14H2,1-4H3. The molecule has 0 bridgehead atoms. The zero-order valence-electron chi connectivity index (χ0n) is 18.1. The van der Waals surface area contributed by atoms with Crippen molar-refractivity contribution < 1.29 is 9.15 Å². The Morgan fingerprint density at radius 2 is 1.87 bits per heavy atom. The summed E-state index contributed by atoms with van der Waals surface area (Å²) in [5.74, 6) is 1.40. The zero-order chi connectivity index (χ0) is 22.0. The summed E-state index contributed by atoms with van der Waals surface area (Å²) in [6, 6.07) is 13.8. The van der Waals surface area contributed by atoms with E-state index in [0.717, 1.165) is 38.6 Å². The van der Waals surface area contributed by atoms with Crippen LogP contribution in [0.15, 0.2) is 56.8 Å². The zero-order valence-corrected chi connectivity index (χ0v) is 19.0. The first-order chi connectivity index (χ1) is 15.0. The number of hydrogen-bond acceptors (Lipinski definition) is 6. The van der Waals surface area contributed by atoms with Crippen LogP contribution in [0.3, 0.4) is 0 Å². The van der Waals surface area contributed by atoms with Gasteiger partial charge in [0.25, 0.3) is 0 Å². The van der Waals surface area contributed by atoms with Gasteiger partial charge >= 0.3 is 5.63 Å². The molecule has 4 aromatic rings. The maximum absolute atomic E-state index is 12.1. The van der Waals surface area contributed by atoms with Crippen molar-refractivity contribution in [2.45, 2.75) is 38.2 Å². The molecule has 0 radical (unpaired) electrons. The van der Waals surface area contributed by atoms with Gasteiger partial charge in [-0.3, -0.25) is 4.57 Å². The van der Waals surface area contributed by atoms with Crippen molar-refractivity contribution in [2.75, 3.05) is 13.7 Å². The first-order valence-corrected chi connectivity index (χ1v) is 11.1. The van der Waals surface area contributed by atoms with E-state index in [-0.39, 0.29) is 5.63 Å². The van der Waals surface area contributed by atoms with Crippen LogP contribution in [0.4, 0.5) is 0 Å². The molecule has 0 unspecified atom stereocenters. The number of hydrogen-bond donors (Lipinski definition) is 0. The van der Waals surface area contributed by atoms with Crippen molar-refractivity contribution in [1.29, 1.82) is 0 Å². The highest BCUT2D eigenvalue weighted by Gasteiger charge is 2.16. The van der Waals surface area contributed by atoms with E-state index < -0.39 is 0 Å². The van der Waals surface area contributed by atoms with Gasteiger partial charge in [0.05, 0.1) is 13.2 Å². The predicted molar refractivity (Wildman–Crippen MR) is 124 cm³/mol. The molecule has 0 aliphatic heterocycles. The van der Waals surface area contributed by atoms with Crippen molar-refractivity contribution in [3.05, 3.63) is 75.1 Å². The summed E-state index contributed by atoms with van der Waals surface area (Å²) in [4.78, 5) is 12.1. The lowest BCUT2D eigenvalue weighted by Crippen LogP contribution is -2.08. The number of ether oxygens (including phenoxy) is 1. The topological polar surface area (TPSA) is 70.2 Å². The molecule has 0 atom stereocenters. The van der Waals surface area contributed by atoms with Gasteiger partial charge in [0, 0.05) is 29.9 Å². The summed E-state index contributed by atoms with van der Waals surface area (Å²) in [6.45, 7) is 7.34.